The van der Waals surface area contributed by atoms with Crippen LogP contribution in [0, 0.1) is 6.92 Å². The molecule has 3 aromatic rings. The lowest BCUT2D eigenvalue weighted by Gasteiger charge is -2.05. The summed E-state index contributed by atoms with van der Waals surface area (Å²) < 4.78 is 5.80. The maximum atomic E-state index is 12.2. The zero-order chi connectivity index (χ0) is 14.3. The molecule has 0 N–H and O–H groups in total. The van der Waals surface area contributed by atoms with Gasteiger partial charge in [0.05, 0.1) is 5.39 Å². The Bertz CT molecular complexity index is 849. The fourth-order valence-electron chi connectivity index (χ4n) is 2.03. The Kier molecular flexibility index (Phi) is 3.28. The van der Waals surface area contributed by atoms with Gasteiger partial charge < -0.3 is 4.42 Å². The van der Waals surface area contributed by atoms with Gasteiger partial charge in [-0.3, -0.25) is 4.79 Å². The zero-order valence-corrected chi connectivity index (χ0v) is 12.1. The predicted octanol–water partition coefficient (Wildman–Crippen LogP) is 5.08. The lowest BCUT2D eigenvalue weighted by molar-refractivity contribution is 0.618. The average Bonchev–Trinajstić information content (AvgIpc) is 2.42. The second-order valence-corrected chi connectivity index (χ2v) is 5.42. The van der Waals surface area contributed by atoms with E-state index in [2.05, 4.69) is 0 Å². The minimum absolute atomic E-state index is 0.113. The maximum absolute atomic E-state index is 12.2. The minimum atomic E-state index is -0.113. The van der Waals surface area contributed by atoms with Crippen LogP contribution in [0.1, 0.15) is 5.56 Å². The summed E-state index contributed by atoms with van der Waals surface area (Å²) in [6.45, 7) is 1.87. The van der Waals surface area contributed by atoms with Gasteiger partial charge in [-0.15, -0.1) is 0 Å². The fourth-order valence-corrected chi connectivity index (χ4v) is 2.32. The molecule has 0 aliphatic carbocycles. The Morgan fingerprint density at radius 3 is 2.40 bits per heavy atom. The highest BCUT2D eigenvalue weighted by Gasteiger charge is 2.09. The summed E-state index contributed by atoms with van der Waals surface area (Å²) in [6.07, 6.45) is 0. The number of benzene rings is 2. The van der Waals surface area contributed by atoms with Crippen molar-refractivity contribution in [3.8, 4) is 11.3 Å². The van der Waals surface area contributed by atoms with Crippen molar-refractivity contribution in [2.75, 3.05) is 0 Å². The molecule has 3 rings (SSSR count). The highest BCUT2D eigenvalue weighted by molar-refractivity contribution is 6.32. The van der Waals surface area contributed by atoms with Crippen LogP contribution in [-0.2, 0) is 0 Å². The quantitative estimate of drug-likeness (QED) is 0.628. The van der Waals surface area contributed by atoms with Crippen molar-refractivity contribution in [1.82, 2.24) is 0 Å². The van der Waals surface area contributed by atoms with E-state index in [0.29, 0.717) is 26.8 Å². The van der Waals surface area contributed by atoms with E-state index in [1.54, 1.807) is 24.3 Å². The van der Waals surface area contributed by atoms with E-state index in [9.17, 15) is 4.79 Å². The molecule has 0 saturated carbocycles. The number of fused-ring (bicyclic) bond motifs is 1. The van der Waals surface area contributed by atoms with E-state index in [1.807, 2.05) is 19.1 Å². The van der Waals surface area contributed by atoms with Crippen molar-refractivity contribution >= 4 is 34.2 Å². The zero-order valence-electron chi connectivity index (χ0n) is 10.6. The number of halogens is 2. The molecule has 0 fully saturated rings. The lowest BCUT2D eigenvalue weighted by Crippen LogP contribution is -2.00. The molecule has 0 spiro atoms. The molecule has 0 bridgehead atoms. The predicted molar refractivity (Wildman–Crippen MR) is 82.7 cm³/mol. The highest BCUT2D eigenvalue weighted by Crippen LogP contribution is 2.26. The van der Waals surface area contributed by atoms with Gasteiger partial charge in [-0.1, -0.05) is 23.2 Å². The Morgan fingerprint density at radius 2 is 1.70 bits per heavy atom. The normalized spacial score (nSPS) is 10.9. The number of hydrogen-bond donors (Lipinski definition) is 0. The summed E-state index contributed by atoms with van der Waals surface area (Å²) in [5.74, 6) is 0.515. The summed E-state index contributed by atoms with van der Waals surface area (Å²) in [6, 6.07) is 12.0. The summed E-state index contributed by atoms with van der Waals surface area (Å²) >= 11 is 11.9. The van der Waals surface area contributed by atoms with Crippen LogP contribution in [0.15, 0.2) is 51.7 Å². The molecule has 4 heteroatoms. The molecule has 0 saturated heterocycles. The van der Waals surface area contributed by atoms with E-state index >= 15 is 0 Å². The molecule has 0 aliphatic heterocycles. The topological polar surface area (TPSA) is 30.2 Å². The van der Waals surface area contributed by atoms with Gasteiger partial charge in [-0.25, -0.2) is 0 Å². The molecular formula is C16H10Cl2O2. The van der Waals surface area contributed by atoms with Crippen LogP contribution in [0.5, 0.6) is 0 Å². The number of rotatable bonds is 1. The van der Waals surface area contributed by atoms with E-state index in [-0.39, 0.29) is 5.43 Å². The monoisotopic (exact) mass is 304 g/mol. The van der Waals surface area contributed by atoms with Gasteiger partial charge in [0.1, 0.15) is 11.3 Å². The molecule has 0 unspecified atom stereocenters. The van der Waals surface area contributed by atoms with Crippen LogP contribution in [0.4, 0.5) is 0 Å². The minimum Gasteiger partial charge on any atom is -0.456 e. The van der Waals surface area contributed by atoms with Crippen LogP contribution in [0.3, 0.4) is 0 Å². The maximum Gasteiger partial charge on any atom is 0.193 e. The molecule has 0 atom stereocenters. The number of aryl methyl sites for hydroxylation is 1. The van der Waals surface area contributed by atoms with Crippen LogP contribution in [-0.4, -0.2) is 0 Å². The van der Waals surface area contributed by atoms with Gasteiger partial charge in [0.25, 0.3) is 0 Å². The second kappa shape index (κ2) is 4.97. The fraction of sp³-hybridized carbons (Fsp3) is 0.0625. The molecule has 0 radical (unpaired) electrons. The van der Waals surface area contributed by atoms with Crippen LogP contribution >= 0.6 is 23.2 Å². The first-order chi connectivity index (χ1) is 9.54. The molecule has 2 aromatic carbocycles. The Morgan fingerprint density at radius 1 is 1.00 bits per heavy atom. The molecule has 1 aromatic heterocycles. The smallest absolute Gasteiger partial charge is 0.193 e. The van der Waals surface area contributed by atoms with Crippen molar-refractivity contribution in [2.45, 2.75) is 6.92 Å². The van der Waals surface area contributed by atoms with Crippen molar-refractivity contribution in [3.05, 3.63) is 68.3 Å². The SMILES string of the molecule is Cc1cc2oc(-c3ccc(Cl)cc3)cc(=O)c2cc1Cl. The Labute approximate surface area is 125 Å². The van der Waals surface area contributed by atoms with Crippen molar-refractivity contribution in [2.24, 2.45) is 0 Å². The van der Waals surface area contributed by atoms with Gasteiger partial charge in [0, 0.05) is 21.7 Å². The third-order valence-electron chi connectivity index (χ3n) is 3.14. The standard InChI is InChI=1S/C16H10Cl2O2/c1-9-6-16-12(7-13(9)18)14(19)8-15(20-16)10-2-4-11(17)5-3-10/h2-8H,1H3. The van der Waals surface area contributed by atoms with E-state index in [0.717, 1.165) is 11.1 Å². The Hall–Kier alpha value is -1.77. The first kappa shape index (κ1) is 13.2. The summed E-state index contributed by atoms with van der Waals surface area (Å²) in [7, 11) is 0. The van der Waals surface area contributed by atoms with Crippen molar-refractivity contribution in [1.29, 1.82) is 0 Å². The molecule has 1 heterocycles. The van der Waals surface area contributed by atoms with E-state index < -0.39 is 0 Å². The summed E-state index contributed by atoms with van der Waals surface area (Å²) in [4.78, 5) is 12.2. The molecular weight excluding hydrogens is 295 g/mol. The second-order valence-electron chi connectivity index (χ2n) is 4.58. The third kappa shape index (κ3) is 2.33. The summed E-state index contributed by atoms with van der Waals surface area (Å²) in [5.41, 5.74) is 2.10. The van der Waals surface area contributed by atoms with Gasteiger partial charge in [-0.2, -0.15) is 0 Å². The van der Waals surface area contributed by atoms with Gasteiger partial charge in [-0.05, 0) is 48.9 Å². The Balaban J connectivity index is 2.26. The molecule has 20 heavy (non-hydrogen) atoms. The van der Waals surface area contributed by atoms with Crippen molar-refractivity contribution in [3.63, 3.8) is 0 Å². The van der Waals surface area contributed by atoms with Crippen LogP contribution in [0.2, 0.25) is 10.0 Å². The highest BCUT2D eigenvalue weighted by atomic mass is 35.5. The lowest BCUT2D eigenvalue weighted by atomic mass is 10.1. The van der Waals surface area contributed by atoms with Crippen molar-refractivity contribution < 1.29 is 4.42 Å². The van der Waals surface area contributed by atoms with Crippen LogP contribution < -0.4 is 5.43 Å². The third-order valence-corrected chi connectivity index (χ3v) is 3.80. The largest absolute Gasteiger partial charge is 0.456 e. The van der Waals surface area contributed by atoms with Gasteiger partial charge in [0.15, 0.2) is 5.43 Å². The summed E-state index contributed by atoms with van der Waals surface area (Å²) in [5, 5.41) is 1.68. The molecule has 2 nitrogen and oxygen atoms in total. The van der Waals surface area contributed by atoms with E-state index in [1.165, 1.54) is 6.07 Å². The average molecular weight is 305 g/mol. The van der Waals surface area contributed by atoms with Crippen LogP contribution in [0.25, 0.3) is 22.3 Å². The molecule has 0 aliphatic rings. The first-order valence-electron chi connectivity index (χ1n) is 6.04. The van der Waals surface area contributed by atoms with E-state index in [4.69, 9.17) is 27.6 Å². The first-order valence-corrected chi connectivity index (χ1v) is 6.80. The molecule has 100 valence electrons. The van der Waals surface area contributed by atoms with Gasteiger partial charge in [0.2, 0.25) is 0 Å². The van der Waals surface area contributed by atoms with Gasteiger partial charge >= 0.3 is 0 Å². The number of hydrogen-bond acceptors (Lipinski definition) is 2. The molecule has 0 amide bonds.